The van der Waals surface area contributed by atoms with E-state index < -0.39 is 34.3 Å². The molecular formula is C31H38FN3O4S. The fourth-order valence-electron chi connectivity index (χ4n) is 4.17. The molecule has 0 aliphatic rings. The number of nitrogens with one attached hydrogen (secondary N) is 1. The molecule has 3 aromatic carbocycles. The van der Waals surface area contributed by atoms with Crippen molar-refractivity contribution in [1.82, 2.24) is 10.2 Å². The Kier molecular flexibility index (Phi) is 10.1. The molecule has 0 radical (unpaired) electrons. The summed E-state index contributed by atoms with van der Waals surface area (Å²) in [6.45, 7) is 10.4. The van der Waals surface area contributed by atoms with Crippen LogP contribution in [0.3, 0.4) is 0 Å². The van der Waals surface area contributed by atoms with Gasteiger partial charge < -0.3 is 10.2 Å². The summed E-state index contributed by atoms with van der Waals surface area (Å²) in [5.41, 5.74) is 3.41. The molecule has 2 atom stereocenters. The monoisotopic (exact) mass is 567 g/mol. The van der Waals surface area contributed by atoms with Gasteiger partial charge in [-0.3, -0.25) is 13.9 Å². The first-order valence-electron chi connectivity index (χ1n) is 13.3. The van der Waals surface area contributed by atoms with Crippen molar-refractivity contribution in [2.45, 2.75) is 71.5 Å². The molecule has 1 N–H and O–H groups in total. The van der Waals surface area contributed by atoms with Crippen LogP contribution >= 0.6 is 0 Å². The van der Waals surface area contributed by atoms with E-state index in [9.17, 15) is 22.4 Å². The number of sulfonamides is 1. The van der Waals surface area contributed by atoms with Crippen molar-refractivity contribution >= 4 is 27.5 Å². The van der Waals surface area contributed by atoms with E-state index in [2.05, 4.69) is 5.32 Å². The molecule has 0 saturated carbocycles. The Morgan fingerprint density at radius 2 is 1.50 bits per heavy atom. The molecule has 40 heavy (non-hydrogen) atoms. The number of aryl methyl sites for hydroxylation is 3. The summed E-state index contributed by atoms with van der Waals surface area (Å²) < 4.78 is 42.7. The summed E-state index contributed by atoms with van der Waals surface area (Å²) in [5, 5.41) is 2.90. The zero-order chi connectivity index (χ0) is 29.6. The van der Waals surface area contributed by atoms with Crippen LogP contribution in [0.1, 0.15) is 49.4 Å². The zero-order valence-electron chi connectivity index (χ0n) is 23.9. The average molecular weight is 568 g/mol. The van der Waals surface area contributed by atoms with Gasteiger partial charge in [-0.1, -0.05) is 48.9 Å². The molecule has 0 aliphatic heterocycles. The first-order chi connectivity index (χ1) is 18.8. The Morgan fingerprint density at radius 3 is 2.10 bits per heavy atom. The summed E-state index contributed by atoms with van der Waals surface area (Å²) in [6.07, 6.45) is 0.708. The van der Waals surface area contributed by atoms with Gasteiger partial charge >= 0.3 is 0 Å². The smallest absolute Gasteiger partial charge is 0.264 e. The quantitative estimate of drug-likeness (QED) is 0.342. The molecule has 214 valence electrons. The van der Waals surface area contributed by atoms with Gasteiger partial charge in [0.15, 0.2) is 0 Å². The van der Waals surface area contributed by atoms with Gasteiger partial charge in [-0.25, -0.2) is 12.8 Å². The van der Waals surface area contributed by atoms with Crippen LogP contribution in [-0.4, -0.2) is 43.8 Å². The second kappa shape index (κ2) is 13.1. The Bertz CT molecular complexity index is 1440. The molecule has 0 saturated heterocycles. The van der Waals surface area contributed by atoms with E-state index in [1.54, 1.807) is 44.2 Å². The number of nitrogens with zero attached hydrogens (tertiary/aromatic N) is 2. The number of benzene rings is 3. The maximum absolute atomic E-state index is 14.0. The van der Waals surface area contributed by atoms with Crippen molar-refractivity contribution in [3.8, 4) is 0 Å². The number of hydrogen-bond donors (Lipinski definition) is 1. The highest BCUT2D eigenvalue weighted by Crippen LogP contribution is 2.28. The number of carbonyl (C=O) groups is 2. The van der Waals surface area contributed by atoms with Crippen molar-refractivity contribution < 1.29 is 22.4 Å². The van der Waals surface area contributed by atoms with Gasteiger partial charge in [-0.15, -0.1) is 0 Å². The lowest BCUT2D eigenvalue weighted by atomic mass is 10.1. The Hall–Kier alpha value is -3.72. The molecule has 7 nitrogen and oxygen atoms in total. The third-order valence-corrected chi connectivity index (χ3v) is 8.73. The second-order valence-corrected chi connectivity index (χ2v) is 12.1. The minimum atomic E-state index is -4.15. The number of carbonyl (C=O) groups excluding carboxylic acids is 2. The van der Waals surface area contributed by atoms with Gasteiger partial charge in [0.05, 0.1) is 10.6 Å². The Balaban J connectivity index is 2.06. The maximum atomic E-state index is 14.0. The fourth-order valence-corrected chi connectivity index (χ4v) is 5.64. The molecular weight excluding hydrogens is 529 g/mol. The van der Waals surface area contributed by atoms with E-state index in [1.165, 1.54) is 29.2 Å². The molecule has 0 aromatic heterocycles. The molecule has 0 unspecified atom stereocenters. The average Bonchev–Trinajstić information content (AvgIpc) is 2.92. The van der Waals surface area contributed by atoms with Crippen LogP contribution in [-0.2, 0) is 26.2 Å². The van der Waals surface area contributed by atoms with E-state index >= 15 is 0 Å². The number of rotatable bonds is 11. The van der Waals surface area contributed by atoms with E-state index in [0.717, 1.165) is 15.4 Å². The van der Waals surface area contributed by atoms with Crippen LogP contribution in [0.4, 0.5) is 10.1 Å². The van der Waals surface area contributed by atoms with Crippen molar-refractivity contribution in [2.24, 2.45) is 0 Å². The maximum Gasteiger partial charge on any atom is 0.264 e. The van der Waals surface area contributed by atoms with Gasteiger partial charge in [0.2, 0.25) is 11.8 Å². The molecule has 0 spiro atoms. The van der Waals surface area contributed by atoms with Gasteiger partial charge in [0.25, 0.3) is 10.0 Å². The first kappa shape index (κ1) is 30.8. The van der Waals surface area contributed by atoms with Crippen LogP contribution in [0.5, 0.6) is 0 Å². The minimum Gasteiger partial charge on any atom is -0.352 e. The van der Waals surface area contributed by atoms with Crippen molar-refractivity contribution in [3.63, 3.8) is 0 Å². The molecule has 9 heteroatoms. The van der Waals surface area contributed by atoms with Gasteiger partial charge in [-0.2, -0.15) is 0 Å². The summed E-state index contributed by atoms with van der Waals surface area (Å²) in [5.74, 6) is -1.34. The first-order valence-corrected chi connectivity index (χ1v) is 14.8. The standard InChI is InChI=1S/C31H38FN3O4S/c1-7-24(5)33-31(37)25(6)34(19-26-12-14-27(32)15-13-26)30(36)20-35(29-18-22(3)8-11-23(29)4)40(38,39)28-16-9-21(2)10-17-28/h8-18,24-25H,7,19-20H2,1-6H3,(H,33,37)/t24-,25+/m1/s1. The molecule has 3 rings (SSSR count). The van der Waals surface area contributed by atoms with Gasteiger partial charge in [0.1, 0.15) is 18.4 Å². The largest absolute Gasteiger partial charge is 0.352 e. The second-order valence-electron chi connectivity index (χ2n) is 10.3. The topological polar surface area (TPSA) is 86.8 Å². The Labute approximate surface area is 237 Å². The third-order valence-electron chi connectivity index (χ3n) is 6.96. The van der Waals surface area contributed by atoms with Crippen molar-refractivity contribution in [3.05, 3.63) is 94.8 Å². The number of hydrogen-bond acceptors (Lipinski definition) is 4. The predicted octanol–water partition coefficient (Wildman–Crippen LogP) is 5.28. The van der Waals surface area contributed by atoms with E-state index in [-0.39, 0.29) is 23.4 Å². The van der Waals surface area contributed by atoms with Crippen molar-refractivity contribution in [2.75, 3.05) is 10.8 Å². The molecule has 0 fully saturated rings. The lowest BCUT2D eigenvalue weighted by molar-refractivity contribution is -0.139. The van der Waals surface area contributed by atoms with E-state index in [0.29, 0.717) is 23.2 Å². The normalized spacial score (nSPS) is 12.9. The van der Waals surface area contributed by atoms with Crippen LogP contribution in [0.15, 0.2) is 71.6 Å². The summed E-state index contributed by atoms with van der Waals surface area (Å²) >= 11 is 0. The van der Waals surface area contributed by atoms with Crippen LogP contribution in [0.2, 0.25) is 0 Å². The molecule has 3 aromatic rings. The van der Waals surface area contributed by atoms with Crippen LogP contribution < -0.4 is 9.62 Å². The molecule has 0 heterocycles. The van der Waals surface area contributed by atoms with Gasteiger partial charge in [0, 0.05) is 12.6 Å². The minimum absolute atomic E-state index is 0.000571. The van der Waals surface area contributed by atoms with E-state index in [1.807, 2.05) is 39.8 Å². The molecule has 0 bridgehead atoms. The predicted molar refractivity (Wildman–Crippen MR) is 156 cm³/mol. The van der Waals surface area contributed by atoms with Crippen LogP contribution in [0.25, 0.3) is 0 Å². The van der Waals surface area contributed by atoms with Crippen LogP contribution in [0, 0.1) is 26.6 Å². The number of amides is 2. The number of halogens is 1. The molecule has 0 aliphatic carbocycles. The highest BCUT2D eigenvalue weighted by atomic mass is 32.2. The third kappa shape index (κ3) is 7.47. The lowest BCUT2D eigenvalue weighted by Crippen LogP contribution is -2.52. The SMILES string of the molecule is CC[C@@H](C)NC(=O)[C@H](C)N(Cc1ccc(F)cc1)C(=O)CN(c1cc(C)ccc1C)S(=O)(=O)c1ccc(C)cc1. The highest BCUT2D eigenvalue weighted by Gasteiger charge is 2.33. The summed E-state index contributed by atoms with van der Waals surface area (Å²) in [6, 6.07) is 16.5. The van der Waals surface area contributed by atoms with Crippen molar-refractivity contribution in [1.29, 1.82) is 0 Å². The lowest BCUT2D eigenvalue weighted by Gasteiger charge is -2.33. The number of anilines is 1. The van der Waals surface area contributed by atoms with E-state index in [4.69, 9.17) is 0 Å². The Morgan fingerprint density at radius 1 is 0.900 bits per heavy atom. The fraction of sp³-hybridized carbons (Fsp3) is 0.355. The highest BCUT2D eigenvalue weighted by molar-refractivity contribution is 7.92. The van der Waals surface area contributed by atoms with Gasteiger partial charge in [-0.05, 0) is 88.1 Å². The zero-order valence-corrected chi connectivity index (χ0v) is 24.8. The summed E-state index contributed by atoms with van der Waals surface area (Å²) in [7, 11) is -4.15. The summed E-state index contributed by atoms with van der Waals surface area (Å²) in [4.78, 5) is 28.5. The molecule has 2 amide bonds.